The van der Waals surface area contributed by atoms with Crippen molar-refractivity contribution in [3.8, 4) is 0 Å². The molecule has 0 rings (SSSR count). The van der Waals surface area contributed by atoms with Crippen molar-refractivity contribution in [1.82, 2.24) is 0 Å². The van der Waals surface area contributed by atoms with Crippen molar-refractivity contribution in [1.29, 1.82) is 0 Å². The summed E-state index contributed by atoms with van der Waals surface area (Å²) in [7, 11) is 0. The molecule has 0 heterocycles. The third kappa shape index (κ3) is 3.87. The van der Waals surface area contributed by atoms with Crippen LogP contribution in [-0.4, -0.2) is 19.1 Å². The van der Waals surface area contributed by atoms with Crippen LogP contribution in [0.1, 0.15) is 0 Å². The first-order chi connectivity index (χ1) is 4.72. The fourth-order valence-corrected chi connectivity index (χ4v) is 1.70. The van der Waals surface area contributed by atoms with Crippen LogP contribution in [0.25, 0.3) is 0 Å². The maximum atomic E-state index is 10.4. The van der Waals surface area contributed by atoms with Crippen LogP contribution in [0.5, 0.6) is 0 Å². The Morgan fingerprint density at radius 3 is 2.60 bits per heavy atom. The van der Waals surface area contributed by atoms with Crippen molar-refractivity contribution in [2.75, 3.05) is 5.75 Å². The molecule has 0 aromatic heterocycles. The lowest BCUT2D eigenvalue weighted by Gasteiger charge is -2.03. The van der Waals surface area contributed by atoms with E-state index in [0.717, 1.165) is 0 Å². The Morgan fingerprint density at radius 2 is 2.30 bits per heavy atom. The smallest absolute Gasteiger partial charge is 0.170 e. The average Bonchev–Trinajstić information content (AvgIpc) is 1.89. The Kier molecular flexibility index (Phi) is 5.67. The van der Waals surface area contributed by atoms with E-state index in [-0.39, 0.29) is 0 Å². The molecule has 2 atom stereocenters. The molecule has 2 unspecified atom stereocenters. The molecule has 0 bridgehead atoms. The summed E-state index contributed by atoms with van der Waals surface area (Å²) >= 11 is -0.464. The Morgan fingerprint density at radius 1 is 1.70 bits per heavy atom. The highest BCUT2D eigenvalue weighted by Crippen LogP contribution is 2.13. The van der Waals surface area contributed by atoms with Gasteiger partial charge in [0.15, 0.2) is 11.1 Å². The topological polar surface area (TPSA) is 37.3 Å². The van der Waals surface area contributed by atoms with E-state index >= 15 is 0 Å². The molecule has 0 saturated heterocycles. The van der Waals surface area contributed by atoms with E-state index in [2.05, 4.69) is 13.2 Å². The highest BCUT2D eigenvalue weighted by molar-refractivity contribution is 8.10. The van der Waals surface area contributed by atoms with Gasteiger partial charge in [-0.05, 0) is 0 Å². The van der Waals surface area contributed by atoms with E-state index in [4.69, 9.17) is 4.55 Å². The Bertz CT molecular complexity index is 145. The largest absolute Gasteiger partial charge is 0.305 e. The van der Waals surface area contributed by atoms with Gasteiger partial charge in [-0.1, -0.05) is 12.2 Å². The third-order valence-electron chi connectivity index (χ3n) is 0.770. The summed E-state index contributed by atoms with van der Waals surface area (Å²) in [4.78, 5) is 0. The SMILES string of the molecule is C=CCSC(C=C)S(=O)O. The van der Waals surface area contributed by atoms with Gasteiger partial charge in [0.05, 0.1) is 0 Å². The second-order valence-electron chi connectivity index (χ2n) is 1.50. The van der Waals surface area contributed by atoms with Crippen molar-refractivity contribution >= 4 is 22.8 Å². The first-order valence-corrected chi connectivity index (χ1v) is 4.89. The van der Waals surface area contributed by atoms with E-state index in [1.165, 1.54) is 17.8 Å². The molecule has 0 aliphatic rings. The van der Waals surface area contributed by atoms with Crippen molar-refractivity contribution < 1.29 is 8.76 Å². The molecule has 0 spiro atoms. The molecule has 2 nitrogen and oxygen atoms in total. The molecule has 0 aliphatic heterocycles. The molecule has 4 heteroatoms. The molecule has 0 saturated carbocycles. The zero-order valence-corrected chi connectivity index (χ0v) is 7.16. The zero-order chi connectivity index (χ0) is 7.98. The summed E-state index contributed by atoms with van der Waals surface area (Å²) in [6.45, 7) is 6.92. The summed E-state index contributed by atoms with van der Waals surface area (Å²) < 4.78 is 18.6. The van der Waals surface area contributed by atoms with Crippen LogP contribution in [0.2, 0.25) is 0 Å². The van der Waals surface area contributed by atoms with Gasteiger partial charge in [-0.15, -0.1) is 24.9 Å². The molecular weight excluding hydrogens is 168 g/mol. The van der Waals surface area contributed by atoms with Gasteiger partial charge < -0.3 is 4.55 Å². The van der Waals surface area contributed by atoms with Crippen LogP contribution in [0.3, 0.4) is 0 Å². The fraction of sp³-hybridized carbons (Fsp3) is 0.333. The van der Waals surface area contributed by atoms with E-state index in [0.29, 0.717) is 5.75 Å². The van der Waals surface area contributed by atoms with Crippen molar-refractivity contribution in [3.63, 3.8) is 0 Å². The third-order valence-corrected chi connectivity index (χ3v) is 3.21. The van der Waals surface area contributed by atoms with Crippen LogP contribution in [0, 0.1) is 0 Å². The van der Waals surface area contributed by atoms with Gasteiger partial charge in [0, 0.05) is 5.75 Å². The molecule has 0 aliphatic carbocycles. The van der Waals surface area contributed by atoms with Crippen molar-refractivity contribution in [2.45, 2.75) is 4.58 Å². The molecule has 58 valence electrons. The van der Waals surface area contributed by atoms with Crippen LogP contribution >= 0.6 is 11.8 Å². The Hall–Kier alpha value is -0.0600. The molecule has 0 radical (unpaired) electrons. The Balaban J connectivity index is 3.71. The van der Waals surface area contributed by atoms with Crippen molar-refractivity contribution in [2.24, 2.45) is 0 Å². The number of hydrogen-bond acceptors (Lipinski definition) is 2. The molecule has 0 fully saturated rings. The minimum absolute atomic E-state index is 0.391. The number of hydrogen-bond donors (Lipinski definition) is 1. The lowest BCUT2D eigenvalue weighted by molar-refractivity contribution is 0.565. The van der Waals surface area contributed by atoms with Gasteiger partial charge in [-0.25, -0.2) is 4.21 Å². The van der Waals surface area contributed by atoms with Crippen LogP contribution in [-0.2, 0) is 11.1 Å². The second-order valence-corrected chi connectivity index (χ2v) is 4.04. The second kappa shape index (κ2) is 5.70. The Labute approximate surface area is 67.7 Å². The van der Waals surface area contributed by atoms with Gasteiger partial charge >= 0.3 is 0 Å². The van der Waals surface area contributed by atoms with Crippen LogP contribution in [0.4, 0.5) is 0 Å². The lowest BCUT2D eigenvalue weighted by atomic mass is 10.7. The minimum Gasteiger partial charge on any atom is -0.305 e. The van der Waals surface area contributed by atoms with E-state index in [1.54, 1.807) is 6.08 Å². The summed E-state index contributed by atoms with van der Waals surface area (Å²) in [5.41, 5.74) is 0. The monoisotopic (exact) mass is 178 g/mol. The highest BCUT2D eigenvalue weighted by Gasteiger charge is 2.08. The van der Waals surface area contributed by atoms with Crippen LogP contribution < -0.4 is 0 Å². The maximum Gasteiger partial charge on any atom is 0.170 e. The number of thioether (sulfide) groups is 1. The molecule has 10 heavy (non-hydrogen) atoms. The standard InChI is InChI=1S/C6H10O2S2/c1-3-5-9-6(4-2)10(7)8/h3-4,6H,1-2,5H2,(H,7,8). The van der Waals surface area contributed by atoms with Gasteiger partial charge in [0.1, 0.15) is 4.58 Å². The molecule has 0 aromatic rings. The molecule has 0 aromatic carbocycles. The average molecular weight is 178 g/mol. The van der Waals surface area contributed by atoms with Crippen molar-refractivity contribution in [3.05, 3.63) is 25.3 Å². The highest BCUT2D eigenvalue weighted by atomic mass is 32.2. The summed E-state index contributed by atoms with van der Waals surface area (Å²) in [6.07, 6.45) is 3.15. The predicted octanol–water partition coefficient (Wildman–Crippen LogP) is 1.64. The molecule has 0 amide bonds. The fourth-order valence-electron chi connectivity index (χ4n) is 0.371. The molecule has 1 N–H and O–H groups in total. The normalized spacial score (nSPS) is 15.7. The first kappa shape index (κ1) is 9.94. The van der Waals surface area contributed by atoms with E-state index in [1.807, 2.05) is 0 Å². The van der Waals surface area contributed by atoms with Crippen LogP contribution in [0.15, 0.2) is 25.3 Å². The van der Waals surface area contributed by atoms with Gasteiger partial charge in [-0.2, -0.15) is 0 Å². The molecular formula is C6H10O2S2. The zero-order valence-electron chi connectivity index (χ0n) is 5.53. The van der Waals surface area contributed by atoms with Gasteiger partial charge in [-0.3, -0.25) is 0 Å². The van der Waals surface area contributed by atoms with E-state index < -0.39 is 15.7 Å². The number of rotatable bonds is 5. The van der Waals surface area contributed by atoms with Gasteiger partial charge in [0.2, 0.25) is 0 Å². The summed E-state index contributed by atoms with van der Waals surface area (Å²) in [6, 6.07) is 0. The maximum absolute atomic E-state index is 10.4. The first-order valence-electron chi connectivity index (χ1n) is 2.67. The lowest BCUT2D eigenvalue weighted by Crippen LogP contribution is -2.05. The minimum atomic E-state index is -1.81. The van der Waals surface area contributed by atoms with E-state index in [9.17, 15) is 4.21 Å². The quantitative estimate of drug-likeness (QED) is 0.513. The summed E-state index contributed by atoms with van der Waals surface area (Å²) in [5, 5.41) is 0. The predicted molar refractivity (Wildman–Crippen MR) is 47.4 cm³/mol. The summed E-state index contributed by atoms with van der Waals surface area (Å²) in [5.74, 6) is 0.670. The van der Waals surface area contributed by atoms with Gasteiger partial charge in [0.25, 0.3) is 0 Å².